The summed E-state index contributed by atoms with van der Waals surface area (Å²) in [6, 6.07) is 4.68. The van der Waals surface area contributed by atoms with Gasteiger partial charge in [0.25, 0.3) is 0 Å². The van der Waals surface area contributed by atoms with Crippen LogP contribution < -0.4 is 0 Å². The summed E-state index contributed by atoms with van der Waals surface area (Å²) in [6.07, 6.45) is 1.79. The van der Waals surface area contributed by atoms with Gasteiger partial charge in [0, 0.05) is 30.1 Å². The lowest BCUT2D eigenvalue weighted by Gasteiger charge is -2.14. The van der Waals surface area contributed by atoms with Gasteiger partial charge < -0.3 is 0 Å². The van der Waals surface area contributed by atoms with E-state index in [1.807, 2.05) is 6.92 Å². The van der Waals surface area contributed by atoms with Crippen molar-refractivity contribution < 1.29 is 26.4 Å². The van der Waals surface area contributed by atoms with Gasteiger partial charge >= 0.3 is 6.18 Å². The van der Waals surface area contributed by atoms with Crippen LogP contribution in [0.4, 0.5) is 13.2 Å². The van der Waals surface area contributed by atoms with Crippen LogP contribution in [0.5, 0.6) is 0 Å². The zero-order valence-electron chi connectivity index (χ0n) is 18.7. The van der Waals surface area contributed by atoms with Crippen molar-refractivity contribution >= 4 is 15.6 Å². The van der Waals surface area contributed by atoms with Crippen molar-refractivity contribution in [2.45, 2.75) is 55.7 Å². The molecule has 0 aliphatic heterocycles. The normalized spacial score (nSPS) is 15.1. The topological polar surface area (TPSA) is 116 Å². The molecule has 0 spiro atoms. The third-order valence-electron chi connectivity index (χ3n) is 5.64. The second-order valence-corrected chi connectivity index (χ2v) is 10.6. The Morgan fingerprint density at radius 2 is 1.86 bits per heavy atom. The Hall–Kier alpha value is -3.28. The number of halogens is 3. The first-order chi connectivity index (χ1) is 16.6. The standard InChI is InChI=1S/C23H22F3N5O3S/c1-2-17(18-7-8-28-22(31-18)13-35(33,34)16-5-6-16)20(32)9-15-4-3-14(10-29-15)19-11-27-12-21(30-19)23(24,25)26/h3-4,7-8,10-12,16-17H,2,5-6,9,13H2,1H3. The van der Waals surface area contributed by atoms with Crippen LogP contribution in [0.1, 0.15) is 55.0 Å². The van der Waals surface area contributed by atoms with Crippen LogP contribution in [0.25, 0.3) is 11.3 Å². The average Bonchev–Trinajstić information content (AvgIpc) is 3.66. The minimum absolute atomic E-state index is 0.0197. The van der Waals surface area contributed by atoms with E-state index >= 15 is 0 Å². The van der Waals surface area contributed by atoms with Gasteiger partial charge in [-0.2, -0.15) is 13.2 Å². The zero-order chi connectivity index (χ0) is 25.2. The molecular weight excluding hydrogens is 483 g/mol. The molecule has 12 heteroatoms. The summed E-state index contributed by atoms with van der Waals surface area (Å²) in [5.41, 5.74) is 0.136. The van der Waals surface area contributed by atoms with Gasteiger partial charge in [-0.3, -0.25) is 14.8 Å². The van der Waals surface area contributed by atoms with E-state index in [4.69, 9.17) is 0 Å². The highest BCUT2D eigenvalue weighted by Crippen LogP contribution is 2.31. The van der Waals surface area contributed by atoms with E-state index < -0.39 is 27.6 Å². The summed E-state index contributed by atoms with van der Waals surface area (Å²) < 4.78 is 63.2. The SMILES string of the molecule is CCC(C(=O)Cc1ccc(-c2cncc(C(F)(F)F)n2)cn1)c1ccnc(CS(=O)(=O)C2CC2)n1. The minimum Gasteiger partial charge on any atom is -0.299 e. The highest BCUT2D eigenvalue weighted by Gasteiger charge is 2.36. The van der Waals surface area contributed by atoms with Crippen molar-refractivity contribution in [2.24, 2.45) is 0 Å². The number of carbonyl (C=O) groups excluding carboxylic acids is 1. The fraction of sp³-hybridized carbons (Fsp3) is 0.391. The van der Waals surface area contributed by atoms with E-state index in [0.29, 0.717) is 42.4 Å². The van der Waals surface area contributed by atoms with Crippen LogP contribution in [0.3, 0.4) is 0 Å². The molecule has 1 saturated carbocycles. The number of ketones is 1. The van der Waals surface area contributed by atoms with Crippen LogP contribution >= 0.6 is 0 Å². The first-order valence-corrected chi connectivity index (χ1v) is 12.7. The van der Waals surface area contributed by atoms with Crippen LogP contribution in [0.15, 0.2) is 43.0 Å². The Morgan fingerprint density at radius 3 is 2.49 bits per heavy atom. The van der Waals surface area contributed by atoms with E-state index in [0.717, 1.165) is 0 Å². The number of alkyl halides is 3. The fourth-order valence-electron chi connectivity index (χ4n) is 3.63. The summed E-state index contributed by atoms with van der Waals surface area (Å²) in [5, 5.41) is -0.325. The van der Waals surface area contributed by atoms with Gasteiger partial charge in [-0.1, -0.05) is 6.92 Å². The van der Waals surface area contributed by atoms with Crippen molar-refractivity contribution in [3.63, 3.8) is 0 Å². The van der Waals surface area contributed by atoms with Crippen LogP contribution in [-0.2, 0) is 33.0 Å². The molecule has 4 rings (SSSR count). The maximum atomic E-state index is 13.0. The number of pyridine rings is 1. The van der Waals surface area contributed by atoms with Gasteiger partial charge in [0.05, 0.1) is 34.9 Å². The molecule has 1 aliphatic rings. The summed E-state index contributed by atoms with van der Waals surface area (Å²) >= 11 is 0. The molecule has 0 amide bonds. The molecule has 3 aromatic rings. The van der Waals surface area contributed by atoms with Gasteiger partial charge in [-0.15, -0.1) is 0 Å². The Morgan fingerprint density at radius 1 is 1.09 bits per heavy atom. The molecule has 1 unspecified atom stereocenters. The molecule has 8 nitrogen and oxygen atoms in total. The molecule has 0 bridgehead atoms. The number of hydrogen-bond acceptors (Lipinski definition) is 8. The van der Waals surface area contributed by atoms with Gasteiger partial charge in [0.15, 0.2) is 15.5 Å². The zero-order valence-corrected chi connectivity index (χ0v) is 19.6. The van der Waals surface area contributed by atoms with Crippen LogP contribution in [-0.4, -0.2) is 44.4 Å². The number of rotatable bonds is 9. The third kappa shape index (κ3) is 6.05. The molecule has 0 aromatic carbocycles. The van der Waals surface area contributed by atoms with E-state index in [1.165, 1.54) is 24.7 Å². The highest BCUT2D eigenvalue weighted by atomic mass is 32.2. The van der Waals surface area contributed by atoms with Crippen molar-refractivity contribution in [3.05, 3.63) is 65.9 Å². The van der Waals surface area contributed by atoms with E-state index in [-0.39, 0.29) is 34.7 Å². The molecule has 1 fully saturated rings. The van der Waals surface area contributed by atoms with Crippen LogP contribution in [0.2, 0.25) is 0 Å². The molecule has 0 N–H and O–H groups in total. The predicted octanol–water partition coefficient (Wildman–Crippen LogP) is 3.73. The molecule has 184 valence electrons. The van der Waals surface area contributed by atoms with Gasteiger partial charge in [0.2, 0.25) is 0 Å². The van der Waals surface area contributed by atoms with E-state index in [9.17, 15) is 26.4 Å². The molecule has 35 heavy (non-hydrogen) atoms. The number of sulfone groups is 1. The Bertz CT molecular complexity index is 1330. The molecule has 1 aliphatic carbocycles. The first-order valence-electron chi connectivity index (χ1n) is 11.0. The lowest BCUT2D eigenvalue weighted by atomic mass is 9.93. The second kappa shape index (κ2) is 9.76. The predicted molar refractivity (Wildman–Crippen MR) is 120 cm³/mol. The molecule has 1 atom stereocenters. The van der Waals surface area contributed by atoms with Gasteiger partial charge in [0.1, 0.15) is 17.4 Å². The highest BCUT2D eigenvalue weighted by molar-refractivity contribution is 7.91. The largest absolute Gasteiger partial charge is 0.434 e. The lowest BCUT2D eigenvalue weighted by molar-refractivity contribution is -0.141. The average molecular weight is 506 g/mol. The van der Waals surface area contributed by atoms with E-state index in [2.05, 4.69) is 24.9 Å². The summed E-state index contributed by atoms with van der Waals surface area (Å²) in [4.78, 5) is 32.8. The minimum atomic E-state index is -4.61. The maximum absolute atomic E-state index is 13.0. The van der Waals surface area contributed by atoms with Crippen LogP contribution in [0, 0.1) is 0 Å². The molecule has 0 radical (unpaired) electrons. The van der Waals surface area contributed by atoms with Crippen molar-refractivity contribution in [3.8, 4) is 11.3 Å². The van der Waals surface area contributed by atoms with E-state index in [1.54, 1.807) is 12.1 Å². The summed E-state index contributed by atoms with van der Waals surface area (Å²) in [6.45, 7) is 1.83. The maximum Gasteiger partial charge on any atom is 0.434 e. The van der Waals surface area contributed by atoms with Crippen molar-refractivity contribution in [2.75, 3.05) is 0 Å². The monoisotopic (exact) mass is 505 g/mol. The number of carbonyl (C=O) groups is 1. The Balaban J connectivity index is 1.47. The number of aromatic nitrogens is 5. The number of nitrogens with zero attached hydrogens (tertiary/aromatic N) is 5. The van der Waals surface area contributed by atoms with Crippen molar-refractivity contribution in [1.82, 2.24) is 24.9 Å². The van der Waals surface area contributed by atoms with Gasteiger partial charge in [-0.25, -0.2) is 23.4 Å². The molecule has 3 aromatic heterocycles. The first kappa shape index (κ1) is 24.8. The Labute approximate surface area is 200 Å². The smallest absolute Gasteiger partial charge is 0.299 e. The fourth-order valence-corrected chi connectivity index (χ4v) is 5.22. The lowest BCUT2D eigenvalue weighted by Crippen LogP contribution is -2.18. The second-order valence-electron chi connectivity index (χ2n) is 8.33. The molecule has 3 heterocycles. The summed E-state index contributed by atoms with van der Waals surface area (Å²) in [7, 11) is -3.29. The number of hydrogen-bond donors (Lipinski definition) is 0. The Kier molecular flexibility index (Phi) is 6.93. The van der Waals surface area contributed by atoms with Gasteiger partial charge in [-0.05, 0) is 37.5 Å². The molecule has 0 saturated heterocycles. The number of Topliss-reactive ketones (excluding diaryl/α,β-unsaturated/α-hetero) is 1. The quantitative estimate of drug-likeness (QED) is 0.432. The third-order valence-corrected chi connectivity index (χ3v) is 7.79. The molecular formula is C23H22F3N5O3S. The summed E-state index contributed by atoms with van der Waals surface area (Å²) in [5.74, 6) is -0.819. The van der Waals surface area contributed by atoms with Crippen molar-refractivity contribution in [1.29, 1.82) is 0 Å².